The van der Waals surface area contributed by atoms with Gasteiger partial charge in [-0.25, -0.2) is 4.90 Å². The summed E-state index contributed by atoms with van der Waals surface area (Å²) in [6.45, 7) is 5.91. The van der Waals surface area contributed by atoms with E-state index in [2.05, 4.69) is 0 Å². The van der Waals surface area contributed by atoms with E-state index in [0.717, 1.165) is 28.0 Å². The SMILES string of the molecule is Cc1ccc(C2=C(SCc3ccco3)C(=O)N(c3cccc(C)c3C)C2=O)cc1. The molecule has 0 aliphatic carbocycles. The van der Waals surface area contributed by atoms with Crippen LogP contribution in [0.5, 0.6) is 0 Å². The van der Waals surface area contributed by atoms with Gasteiger partial charge in [0.05, 0.1) is 28.2 Å². The fourth-order valence-corrected chi connectivity index (χ4v) is 4.37. The zero-order chi connectivity index (χ0) is 20.5. The molecule has 146 valence electrons. The average Bonchev–Trinajstić information content (AvgIpc) is 3.30. The van der Waals surface area contributed by atoms with E-state index in [4.69, 9.17) is 4.42 Å². The van der Waals surface area contributed by atoms with Crippen LogP contribution in [0, 0.1) is 20.8 Å². The predicted molar refractivity (Wildman–Crippen MR) is 117 cm³/mol. The Balaban J connectivity index is 1.78. The minimum atomic E-state index is -0.283. The summed E-state index contributed by atoms with van der Waals surface area (Å²) >= 11 is 1.34. The quantitative estimate of drug-likeness (QED) is 0.534. The minimum Gasteiger partial charge on any atom is -0.468 e. The first-order valence-corrected chi connectivity index (χ1v) is 10.4. The van der Waals surface area contributed by atoms with Crippen LogP contribution in [0.2, 0.25) is 0 Å². The average molecular weight is 404 g/mol. The number of imide groups is 1. The number of anilines is 1. The van der Waals surface area contributed by atoms with Gasteiger partial charge in [0.25, 0.3) is 11.8 Å². The van der Waals surface area contributed by atoms with Crippen molar-refractivity contribution in [2.45, 2.75) is 26.5 Å². The molecule has 2 amide bonds. The number of carbonyl (C=O) groups excluding carboxylic acids is 2. The van der Waals surface area contributed by atoms with E-state index in [1.807, 2.05) is 75.4 Å². The van der Waals surface area contributed by atoms with Crippen molar-refractivity contribution in [3.8, 4) is 0 Å². The number of thioether (sulfide) groups is 1. The van der Waals surface area contributed by atoms with E-state index in [9.17, 15) is 9.59 Å². The first kappa shape index (κ1) is 19.3. The number of benzene rings is 2. The number of furan rings is 1. The van der Waals surface area contributed by atoms with Crippen molar-refractivity contribution in [3.63, 3.8) is 0 Å². The number of aryl methyl sites for hydroxylation is 2. The van der Waals surface area contributed by atoms with Gasteiger partial charge in [-0.05, 0) is 55.7 Å². The molecular formula is C24H21NO3S. The molecule has 4 rings (SSSR count). The summed E-state index contributed by atoms with van der Waals surface area (Å²) in [6.07, 6.45) is 1.61. The molecule has 5 heteroatoms. The predicted octanol–water partition coefficient (Wildman–Crippen LogP) is 5.42. The van der Waals surface area contributed by atoms with Crippen LogP contribution < -0.4 is 4.90 Å². The van der Waals surface area contributed by atoms with E-state index in [1.165, 1.54) is 16.7 Å². The van der Waals surface area contributed by atoms with Gasteiger partial charge in [0.15, 0.2) is 0 Å². The van der Waals surface area contributed by atoms with Gasteiger partial charge in [-0.15, -0.1) is 11.8 Å². The number of carbonyl (C=O) groups is 2. The third-order valence-corrected chi connectivity index (χ3v) is 6.23. The van der Waals surface area contributed by atoms with Crippen LogP contribution in [-0.2, 0) is 15.3 Å². The van der Waals surface area contributed by atoms with E-state index < -0.39 is 0 Å². The normalized spacial score (nSPS) is 14.2. The van der Waals surface area contributed by atoms with Gasteiger partial charge in [-0.2, -0.15) is 0 Å². The summed E-state index contributed by atoms with van der Waals surface area (Å²) in [6, 6.07) is 17.1. The molecular weight excluding hydrogens is 382 g/mol. The van der Waals surface area contributed by atoms with Crippen LogP contribution >= 0.6 is 11.8 Å². The zero-order valence-electron chi connectivity index (χ0n) is 16.6. The lowest BCUT2D eigenvalue weighted by molar-refractivity contribution is -0.119. The van der Waals surface area contributed by atoms with Gasteiger partial charge in [0.2, 0.25) is 0 Å². The fraction of sp³-hybridized carbons (Fsp3) is 0.167. The molecule has 0 saturated carbocycles. The topological polar surface area (TPSA) is 50.5 Å². The molecule has 1 aromatic heterocycles. The van der Waals surface area contributed by atoms with Gasteiger partial charge in [0.1, 0.15) is 5.76 Å². The van der Waals surface area contributed by atoms with Crippen molar-refractivity contribution in [2.24, 2.45) is 0 Å². The third kappa shape index (κ3) is 3.54. The highest BCUT2D eigenvalue weighted by atomic mass is 32.2. The Hall–Kier alpha value is -3.05. The molecule has 0 saturated heterocycles. The molecule has 0 atom stereocenters. The highest BCUT2D eigenvalue weighted by Crippen LogP contribution is 2.40. The Morgan fingerprint density at radius 3 is 2.34 bits per heavy atom. The lowest BCUT2D eigenvalue weighted by atomic mass is 10.0. The molecule has 0 bridgehead atoms. The number of nitrogens with zero attached hydrogens (tertiary/aromatic N) is 1. The molecule has 0 unspecified atom stereocenters. The lowest BCUT2D eigenvalue weighted by Crippen LogP contribution is -2.32. The van der Waals surface area contributed by atoms with Crippen molar-refractivity contribution >= 4 is 34.8 Å². The first-order valence-electron chi connectivity index (χ1n) is 9.39. The summed E-state index contributed by atoms with van der Waals surface area (Å²) < 4.78 is 5.41. The van der Waals surface area contributed by atoms with Crippen LogP contribution in [0.1, 0.15) is 28.0 Å². The maximum absolute atomic E-state index is 13.4. The lowest BCUT2D eigenvalue weighted by Gasteiger charge is -2.19. The standard InChI is InChI=1S/C24H21NO3S/c1-15-9-11-18(12-10-15)21-22(29-14-19-7-5-13-28-19)24(27)25(23(21)26)20-8-4-6-16(2)17(20)3/h4-13H,14H2,1-3H3. The van der Waals surface area contributed by atoms with Crippen molar-refractivity contribution in [3.05, 3.63) is 93.8 Å². The summed E-state index contributed by atoms with van der Waals surface area (Å²) in [5.74, 6) is 0.679. The Morgan fingerprint density at radius 1 is 0.897 bits per heavy atom. The second-order valence-electron chi connectivity index (χ2n) is 7.10. The van der Waals surface area contributed by atoms with E-state index >= 15 is 0 Å². The van der Waals surface area contributed by atoms with Crippen molar-refractivity contribution in [2.75, 3.05) is 4.90 Å². The second kappa shape index (κ2) is 7.76. The maximum atomic E-state index is 13.4. The molecule has 3 aromatic rings. The number of hydrogen-bond acceptors (Lipinski definition) is 4. The molecule has 0 spiro atoms. The number of amides is 2. The molecule has 0 fully saturated rings. The zero-order valence-corrected chi connectivity index (χ0v) is 17.4. The molecule has 0 N–H and O–H groups in total. The molecule has 0 radical (unpaired) electrons. The Labute approximate surface area is 174 Å². The largest absolute Gasteiger partial charge is 0.468 e. The van der Waals surface area contributed by atoms with Crippen LogP contribution in [-0.4, -0.2) is 11.8 Å². The fourth-order valence-electron chi connectivity index (χ4n) is 3.35. The van der Waals surface area contributed by atoms with Crippen LogP contribution in [0.4, 0.5) is 5.69 Å². The Morgan fingerprint density at radius 2 is 1.66 bits per heavy atom. The third-order valence-electron chi connectivity index (χ3n) is 5.14. The van der Waals surface area contributed by atoms with Gasteiger partial charge in [0, 0.05) is 0 Å². The van der Waals surface area contributed by atoms with E-state index in [0.29, 0.717) is 21.9 Å². The molecule has 29 heavy (non-hydrogen) atoms. The van der Waals surface area contributed by atoms with E-state index in [1.54, 1.807) is 6.26 Å². The van der Waals surface area contributed by atoms with Crippen molar-refractivity contribution < 1.29 is 14.0 Å². The van der Waals surface area contributed by atoms with Crippen LogP contribution in [0.15, 0.2) is 70.2 Å². The summed E-state index contributed by atoms with van der Waals surface area (Å²) in [7, 11) is 0. The molecule has 1 aliphatic rings. The molecule has 2 heterocycles. The highest BCUT2D eigenvalue weighted by molar-refractivity contribution is 8.03. The summed E-state index contributed by atoms with van der Waals surface area (Å²) in [4.78, 5) is 28.6. The van der Waals surface area contributed by atoms with Gasteiger partial charge in [-0.3, -0.25) is 9.59 Å². The smallest absolute Gasteiger partial charge is 0.272 e. The van der Waals surface area contributed by atoms with E-state index in [-0.39, 0.29) is 11.8 Å². The Bertz CT molecular complexity index is 1110. The second-order valence-corrected chi connectivity index (χ2v) is 8.09. The molecule has 1 aliphatic heterocycles. The minimum absolute atomic E-state index is 0.282. The number of rotatable bonds is 5. The first-order chi connectivity index (χ1) is 14.0. The highest BCUT2D eigenvalue weighted by Gasteiger charge is 2.40. The molecule has 4 nitrogen and oxygen atoms in total. The summed E-state index contributed by atoms with van der Waals surface area (Å²) in [5.41, 5.74) is 4.91. The summed E-state index contributed by atoms with van der Waals surface area (Å²) in [5, 5.41) is 0. The van der Waals surface area contributed by atoms with Gasteiger partial charge >= 0.3 is 0 Å². The maximum Gasteiger partial charge on any atom is 0.272 e. The number of hydrogen-bond donors (Lipinski definition) is 0. The van der Waals surface area contributed by atoms with Crippen molar-refractivity contribution in [1.82, 2.24) is 0 Å². The Kier molecular flexibility index (Phi) is 5.16. The van der Waals surface area contributed by atoms with Crippen LogP contribution in [0.3, 0.4) is 0 Å². The van der Waals surface area contributed by atoms with Crippen LogP contribution in [0.25, 0.3) is 5.57 Å². The van der Waals surface area contributed by atoms with Gasteiger partial charge in [-0.1, -0.05) is 42.0 Å². The van der Waals surface area contributed by atoms with Crippen molar-refractivity contribution in [1.29, 1.82) is 0 Å². The monoisotopic (exact) mass is 403 g/mol. The molecule has 2 aromatic carbocycles. The van der Waals surface area contributed by atoms with Gasteiger partial charge < -0.3 is 4.42 Å².